The summed E-state index contributed by atoms with van der Waals surface area (Å²) < 4.78 is 5.17. The number of nitrogens with one attached hydrogen (secondary N) is 1. The number of anilines is 1. The van der Waals surface area contributed by atoms with E-state index in [-0.39, 0.29) is 30.0 Å². The Bertz CT molecular complexity index is 850. The fourth-order valence-electron chi connectivity index (χ4n) is 2.84. The van der Waals surface area contributed by atoms with Gasteiger partial charge in [-0.1, -0.05) is 6.07 Å². The Morgan fingerprint density at radius 2 is 2.00 bits per heavy atom. The zero-order chi connectivity index (χ0) is 18.7. The van der Waals surface area contributed by atoms with Crippen LogP contribution >= 0.6 is 0 Å². The third-order valence-corrected chi connectivity index (χ3v) is 4.17. The van der Waals surface area contributed by atoms with Gasteiger partial charge in [-0.05, 0) is 24.3 Å². The van der Waals surface area contributed by atoms with Crippen LogP contribution in [0.3, 0.4) is 0 Å². The summed E-state index contributed by atoms with van der Waals surface area (Å²) in [6.07, 6.45) is 0.190. The Morgan fingerprint density at radius 1 is 1.27 bits per heavy atom. The second kappa shape index (κ2) is 7.22. The lowest BCUT2D eigenvalue weighted by molar-refractivity contribution is -0.384. The summed E-state index contributed by atoms with van der Waals surface area (Å²) in [5, 5.41) is 13.5. The first-order valence-corrected chi connectivity index (χ1v) is 7.97. The highest BCUT2D eigenvalue weighted by molar-refractivity contribution is 5.99. The van der Waals surface area contributed by atoms with Crippen LogP contribution in [-0.4, -0.2) is 36.4 Å². The number of methoxy groups -OCH3 is 1. The van der Waals surface area contributed by atoms with E-state index in [4.69, 9.17) is 4.74 Å². The molecule has 1 N–H and O–H groups in total. The van der Waals surface area contributed by atoms with Crippen LogP contribution < -0.4 is 15.0 Å². The molecule has 1 aliphatic rings. The number of non-ortho nitro benzene ring substituents is 1. The number of ether oxygens (including phenoxy) is 1. The van der Waals surface area contributed by atoms with Crippen LogP contribution in [0, 0.1) is 10.1 Å². The Morgan fingerprint density at radius 3 is 2.65 bits per heavy atom. The van der Waals surface area contributed by atoms with Gasteiger partial charge in [-0.3, -0.25) is 19.7 Å². The lowest BCUT2D eigenvalue weighted by atomic mass is 10.1. The quantitative estimate of drug-likeness (QED) is 0.654. The normalized spacial score (nSPS) is 16.4. The van der Waals surface area contributed by atoms with Crippen molar-refractivity contribution in [2.75, 3.05) is 18.6 Å². The van der Waals surface area contributed by atoms with Gasteiger partial charge in [0, 0.05) is 42.4 Å². The third-order valence-electron chi connectivity index (χ3n) is 4.17. The summed E-state index contributed by atoms with van der Waals surface area (Å²) in [5.74, 6) is 0.186. The third kappa shape index (κ3) is 3.64. The molecule has 1 atom stereocenters. The second-order valence-electron chi connectivity index (χ2n) is 5.88. The molecule has 0 aromatic heterocycles. The monoisotopic (exact) mass is 355 g/mol. The van der Waals surface area contributed by atoms with Crippen molar-refractivity contribution in [3.05, 3.63) is 64.2 Å². The number of nitro benzene ring substituents is 1. The zero-order valence-corrected chi connectivity index (χ0v) is 14.0. The van der Waals surface area contributed by atoms with Crippen molar-refractivity contribution in [2.24, 2.45) is 0 Å². The highest BCUT2D eigenvalue weighted by Gasteiger charge is 2.32. The fourth-order valence-corrected chi connectivity index (χ4v) is 2.84. The van der Waals surface area contributed by atoms with Crippen LogP contribution in [0.2, 0.25) is 0 Å². The number of benzene rings is 2. The lowest BCUT2D eigenvalue weighted by Gasteiger charge is -2.18. The summed E-state index contributed by atoms with van der Waals surface area (Å²) in [5.41, 5.74) is 0.936. The van der Waals surface area contributed by atoms with Crippen LogP contribution in [0.25, 0.3) is 0 Å². The molecule has 0 spiro atoms. The van der Waals surface area contributed by atoms with Gasteiger partial charge in [0.05, 0.1) is 18.1 Å². The minimum absolute atomic E-state index is 0.0817. The summed E-state index contributed by atoms with van der Waals surface area (Å²) in [6.45, 7) is 0.352. The van der Waals surface area contributed by atoms with Crippen LogP contribution in [0.5, 0.6) is 5.75 Å². The van der Waals surface area contributed by atoms with E-state index >= 15 is 0 Å². The molecule has 134 valence electrons. The molecule has 3 rings (SSSR count). The lowest BCUT2D eigenvalue weighted by Crippen LogP contribution is -2.37. The summed E-state index contributed by atoms with van der Waals surface area (Å²) >= 11 is 0. The molecule has 2 aromatic rings. The van der Waals surface area contributed by atoms with E-state index in [0.717, 1.165) is 0 Å². The van der Waals surface area contributed by atoms with Crippen molar-refractivity contribution in [2.45, 2.75) is 12.5 Å². The highest BCUT2D eigenvalue weighted by atomic mass is 16.6. The summed E-state index contributed by atoms with van der Waals surface area (Å²) in [6, 6.07) is 12.2. The van der Waals surface area contributed by atoms with E-state index in [1.807, 2.05) is 0 Å². The topological polar surface area (TPSA) is 102 Å². The molecule has 1 heterocycles. The van der Waals surface area contributed by atoms with Crippen molar-refractivity contribution >= 4 is 23.2 Å². The molecule has 1 aliphatic heterocycles. The van der Waals surface area contributed by atoms with E-state index in [1.54, 1.807) is 36.3 Å². The van der Waals surface area contributed by atoms with E-state index in [2.05, 4.69) is 5.32 Å². The van der Waals surface area contributed by atoms with Gasteiger partial charge in [-0.15, -0.1) is 0 Å². The molecule has 1 fully saturated rings. The SMILES string of the molecule is COc1cccc(N2C[C@@H](NC(=O)c3ccc([N+](=O)[O-])cc3)CC2=O)c1. The molecular weight excluding hydrogens is 338 g/mol. The molecular formula is C18H17N3O5. The van der Waals surface area contributed by atoms with Gasteiger partial charge >= 0.3 is 0 Å². The molecule has 0 radical (unpaired) electrons. The molecule has 1 saturated heterocycles. The second-order valence-corrected chi connectivity index (χ2v) is 5.88. The smallest absolute Gasteiger partial charge is 0.269 e. The van der Waals surface area contributed by atoms with Gasteiger partial charge < -0.3 is 15.0 Å². The molecule has 0 saturated carbocycles. The molecule has 2 amide bonds. The van der Waals surface area contributed by atoms with Crippen molar-refractivity contribution in [1.82, 2.24) is 5.32 Å². The number of nitrogens with zero attached hydrogens (tertiary/aromatic N) is 2. The summed E-state index contributed by atoms with van der Waals surface area (Å²) in [4.78, 5) is 36.3. The zero-order valence-electron chi connectivity index (χ0n) is 14.0. The van der Waals surface area contributed by atoms with Gasteiger partial charge in [-0.2, -0.15) is 0 Å². The van der Waals surface area contributed by atoms with E-state index < -0.39 is 4.92 Å². The number of rotatable bonds is 5. The van der Waals surface area contributed by atoms with Crippen LogP contribution in [0.1, 0.15) is 16.8 Å². The predicted molar refractivity (Wildman–Crippen MR) is 94.3 cm³/mol. The number of carbonyl (C=O) groups is 2. The Kier molecular flexibility index (Phi) is 4.83. The van der Waals surface area contributed by atoms with Gasteiger partial charge in [0.25, 0.3) is 11.6 Å². The maximum Gasteiger partial charge on any atom is 0.269 e. The molecule has 26 heavy (non-hydrogen) atoms. The van der Waals surface area contributed by atoms with Gasteiger partial charge in [-0.25, -0.2) is 0 Å². The van der Waals surface area contributed by atoms with Crippen molar-refractivity contribution in [1.29, 1.82) is 0 Å². The first-order valence-electron chi connectivity index (χ1n) is 7.97. The average Bonchev–Trinajstić information content (AvgIpc) is 3.02. The van der Waals surface area contributed by atoms with Crippen molar-refractivity contribution in [3.8, 4) is 5.75 Å². The van der Waals surface area contributed by atoms with Gasteiger partial charge in [0.15, 0.2) is 0 Å². The Hall–Kier alpha value is -3.42. The minimum atomic E-state index is -0.524. The first-order chi connectivity index (χ1) is 12.5. The van der Waals surface area contributed by atoms with Crippen molar-refractivity contribution in [3.63, 3.8) is 0 Å². The number of carbonyl (C=O) groups excluding carboxylic acids is 2. The van der Waals surface area contributed by atoms with Gasteiger partial charge in [0.1, 0.15) is 5.75 Å². The van der Waals surface area contributed by atoms with E-state index in [0.29, 0.717) is 23.5 Å². The molecule has 0 aliphatic carbocycles. The van der Waals surface area contributed by atoms with E-state index in [9.17, 15) is 19.7 Å². The van der Waals surface area contributed by atoms with E-state index in [1.165, 1.54) is 24.3 Å². The largest absolute Gasteiger partial charge is 0.497 e. The summed E-state index contributed by atoms with van der Waals surface area (Å²) in [7, 11) is 1.55. The van der Waals surface area contributed by atoms with Crippen LogP contribution in [0.4, 0.5) is 11.4 Å². The maximum absolute atomic E-state index is 12.3. The first kappa shape index (κ1) is 17.4. The van der Waals surface area contributed by atoms with Crippen LogP contribution in [0.15, 0.2) is 48.5 Å². The van der Waals surface area contributed by atoms with Gasteiger partial charge in [0.2, 0.25) is 5.91 Å². The standard InChI is InChI=1S/C18H17N3O5/c1-26-16-4-2-3-15(10-16)20-11-13(9-17(20)22)19-18(23)12-5-7-14(8-6-12)21(24)25/h2-8,10,13H,9,11H2,1H3,(H,19,23)/t13-/m0/s1. The Balaban J connectivity index is 1.66. The molecule has 8 heteroatoms. The molecule has 0 bridgehead atoms. The maximum atomic E-state index is 12.3. The molecule has 0 unspecified atom stereocenters. The van der Waals surface area contributed by atoms with Crippen molar-refractivity contribution < 1.29 is 19.2 Å². The highest BCUT2D eigenvalue weighted by Crippen LogP contribution is 2.25. The average molecular weight is 355 g/mol. The number of hydrogen-bond donors (Lipinski definition) is 1. The number of amides is 2. The Labute approximate surface area is 149 Å². The molecule has 8 nitrogen and oxygen atoms in total. The predicted octanol–water partition coefficient (Wildman–Crippen LogP) is 2.14. The molecule has 2 aromatic carbocycles. The number of hydrogen-bond acceptors (Lipinski definition) is 5. The number of nitro groups is 1. The van der Waals surface area contributed by atoms with Crippen LogP contribution in [-0.2, 0) is 4.79 Å². The minimum Gasteiger partial charge on any atom is -0.497 e. The fraction of sp³-hybridized carbons (Fsp3) is 0.222.